The van der Waals surface area contributed by atoms with Gasteiger partial charge in [0.1, 0.15) is 5.75 Å². The van der Waals surface area contributed by atoms with Gasteiger partial charge in [0, 0.05) is 0 Å². The van der Waals surface area contributed by atoms with Crippen LogP contribution in [0.5, 0.6) is 5.75 Å². The first-order chi connectivity index (χ1) is 8.69. The molecule has 1 N–H and O–H groups in total. The molecule has 0 bridgehead atoms. The lowest BCUT2D eigenvalue weighted by molar-refractivity contribution is 0.170. The van der Waals surface area contributed by atoms with Gasteiger partial charge in [-0.05, 0) is 36.5 Å². The van der Waals surface area contributed by atoms with Gasteiger partial charge in [-0.1, -0.05) is 45.7 Å². The van der Waals surface area contributed by atoms with Crippen molar-refractivity contribution in [3.8, 4) is 5.75 Å². The van der Waals surface area contributed by atoms with Gasteiger partial charge in [0.2, 0.25) is 0 Å². The molecule has 0 aliphatic rings. The first kappa shape index (κ1) is 15.0. The van der Waals surface area contributed by atoms with Gasteiger partial charge in [-0.15, -0.1) is 0 Å². The zero-order valence-corrected chi connectivity index (χ0v) is 11.9. The van der Waals surface area contributed by atoms with Crippen LogP contribution in [0, 0.1) is 5.92 Å². The molecular formula is C16H26O2. The molecule has 2 heteroatoms. The molecule has 18 heavy (non-hydrogen) atoms. The van der Waals surface area contributed by atoms with Crippen LogP contribution in [0.1, 0.15) is 45.6 Å². The van der Waals surface area contributed by atoms with E-state index in [2.05, 4.69) is 13.8 Å². The predicted molar refractivity (Wildman–Crippen MR) is 76.0 cm³/mol. The van der Waals surface area contributed by atoms with E-state index in [0.717, 1.165) is 37.2 Å². The Kier molecular flexibility index (Phi) is 6.81. The van der Waals surface area contributed by atoms with Crippen LogP contribution in [-0.4, -0.2) is 17.8 Å². The maximum Gasteiger partial charge on any atom is 0.119 e. The molecule has 0 fully saturated rings. The Morgan fingerprint density at radius 3 is 2.44 bits per heavy atom. The van der Waals surface area contributed by atoms with Crippen molar-refractivity contribution < 1.29 is 9.84 Å². The SMILES string of the molecule is CCC(CC)COc1cccc(C[C@@H](O)CC)c1. The van der Waals surface area contributed by atoms with Crippen LogP contribution in [0.25, 0.3) is 0 Å². The highest BCUT2D eigenvalue weighted by atomic mass is 16.5. The van der Waals surface area contributed by atoms with E-state index in [9.17, 15) is 5.11 Å². The van der Waals surface area contributed by atoms with Crippen molar-refractivity contribution in [1.29, 1.82) is 0 Å². The van der Waals surface area contributed by atoms with Crippen LogP contribution < -0.4 is 4.74 Å². The molecule has 0 aromatic heterocycles. The molecule has 0 amide bonds. The van der Waals surface area contributed by atoms with Crippen molar-refractivity contribution in [2.45, 2.75) is 52.6 Å². The lowest BCUT2D eigenvalue weighted by atomic mass is 10.0. The van der Waals surface area contributed by atoms with Crippen molar-refractivity contribution >= 4 is 0 Å². The molecule has 1 rings (SSSR count). The highest BCUT2D eigenvalue weighted by Gasteiger charge is 2.06. The average Bonchev–Trinajstić information content (AvgIpc) is 2.40. The van der Waals surface area contributed by atoms with E-state index in [1.165, 1.54) is 0 Å². The molecule has 2 nitrogen and oxygen atoms in total. The summed E-state index contributed by atoms with van der Waals surface area (Å²) < 4.78 is 5.82. The number of hydrogen-bond acceptors (Lipinski definition) is 2. The summed E-state index contributed by atoms with van der Waals surface area (Å²) in [5.41, 5.74) is 1.14. The van der Waals surface area contributed by atoms with Crippen molar-refractivity contribution in [2.24, 2.45) is 5.92 Å². The average molecular weight is 250 g/mol. The Labute approximate surface area is 111 Å². The van der Waals surface area contributed by atoms with E-state index in [-0.39, 0.29) is 6.10 Å². The summed E-state index contributed by atoms with van der Waals surface area (Å²) in [6.45, 7) is 7.18. The van der Waals surface area contributed by atoms with Crippen molar-refractivity contribution in [3.05, 3.63) is 29.8 Å². The van der Waals surface area contributed by atoms with Crippen LogP contribution in [-0.2, 0) is 6.42 Å². The van der Waals surface area contributed by atoms with Gasteiger partial charge in [-0.25, -0.2) is 0 Å². The number of aliphatic hydroxyl groups excluding tert-OH is 1. The molecule has 0 spiro atoms. The first-order valence-electron chi connectivity index (χ1n) is 7.09. The van der Waals surface area contributed by atoms with Gasteiger partial charge >= 0.3 is 0 Å². The lowest BCUT2D eigenvalue weighted by Gasteiger charge is -2.15. The summed E-state index contributed by atoms with van der Waals surface area (Å²) in [6, 6.07) is 8.08. The molecule has 1 aromatic rings. The van der Waals surface area contributed by atoms with Crippen molar-refractivity contribution in [1.82, 2.24) is 0 Å². The molecule has 0 aliphatic carbocycles. The second-order valence-corrected chi connectivity index (χ2v) is 4.91. The highest BCUT2D eigenvalue weighted by Crippen LogP contribution is 2.17. The maximum absolute atomic E-state index is 9.66. The molecular weight excluding hydrogens is 224 g/mol. The Morgan fingerprint density at radius 2 is 1.83 bits per heavy atom. The number of rotatable bonds is 8. The Morgan fingerprint density at radius 1 is 1.11 bits per heavy atom. The van der Waals surface area contributed by atoms with Crippen LogP contribution in [0.4, 0.5) is 0 Å². The number of aliphatic hydroxyl groups is 1. The fourth-order valence-corrected chi connectivity index (χ4v) is 1.92. The van der Waals surface area contributed by atoms with E-state index in [4.69, 9.17) is 4.74 Å². The molecule has 0 unspecified atom stereocenters. The lowest BCUT2D eigenvalue weighted by Crippen LogP contribution is -2.11. The Hall–Kier alpha value is -1.02. The third-order valence-electron chi connectivity index (χ3n) is 3.48. The number of ether oxygens (including phenoxy) is 1. The maximum atomic E-state index is 9.66. The molecule has 0 aliphatic heterocycles. The van der Waals surface area contributed by atoms with E-state index < -0.39 is 0 Å². The zero-order chi connectivity index (χ0) is 13.4. The molecule has 102 valence electrons. The molecule has 1 atom stereocenters. The fourth-order valence-electron chi connectivity index (χ4n) is 1.92. The Bertz CT molecular complexity index is 332. The predicted octanol–water partition coefficient (Wildman–Crippen LogP) is 3.82. The van der Waals surface area contributed by atoms with Crippen LogP contribution >= 0.6 is 0 Å². The fraction of sp³-hybridized carbons (Fsp3) is 0.625. The molecule has 0 saturated heterocycles. The summed E-state index contributed by atoms with van der Waals surface area (Å²) in [6.07, 6.45) is 3.56. The van der Waals surface area contributed by atoms with E-state index in [1.807, 2.05) is 31.2 Å². The van der Waals surface area contributed by atoms with E-state index >= 15 is 0 Å². The molecule has 0 saturated carbocycles. The largest absolute Gasteiger partial charge is 0.493 e. The van der Waals surface area contributed by atoms with Gasteiger partial charge < -0.3 is 9.84 Å². The molecule has 1 aromatic carbocycles. The zero-order valence-electron chi connectivity index (χ0n) is 11.9. The van der Waals surface area contributed by atoms with Gasteiger partial charge in [0.25, 0.3) is 0 Å². The van der Waals surface area contributed by atoms with Gasteiger partial charge in [0.15, 0.2) is 0 Å². The third kappa shape index (κ3) is 5.09. The summed E-state index contributed by atoms with van der Waals surface area (Å²) >= 11 is 0. The minimum Gasteiger partial charge on any atom is -0.493 e. The smallest absolute Gasteiger partial charge is 0.119 e. The minimum absolute atomic E-state index is 0.251. The summed E-state index contributed by atoms with van der Waals surface area (Å²) in [4.78, 5) is 0. The monoisotopic (exact) mass is 250 g/mol. The summed E-state index contributed by atoms with van der Waals surface area (Å²) in [7, 11) is 0. The Balaban J connectivity index is 2.53. The van der Waals surface area contributed by atoms with E-state index in [1.54, 1.807) is 0 Å². The first-order valence-corrected chi connectivity index (χ1v) is 7.09. The highest BCUT2D eigenvalue weighted by molar-refractivity contribution is 5.28. The summed E-state index contributed by atoms with van der Waals surface area (Å²) in [5.74, 6) is 1.55. The van der Waals surface area contributed by atoms with Gasteiger partial charge in [0.05, 0.1) is 12.7 Å². The number of benzene rings is 1. The normalized spacial score (nSPS) is 12.7. The molecule has 0 heterocycles. The van der Waals surface area contributed by atoms with Crippen LogP contribution in [0.15, 0.2) is 24.3 Å². The summed E-state index contributed by atoms with van der Waals surface area (Å²) in [5, 5.41) is 9.66. The van der Waals surface area contributed by atoms with Crippen molar-refractivity contribution in [3.63, 3.8) is 0 Å². The van der Waals surface area contributed by atoms with Crippen molar-refractivity contribution in [2.75, 3.05) is 6.61 Å². The van der Waals surface area contributed by atoms with Gasteiger partial charge in [-0.3, -0.25) is 0 Å². The second kappa shape index (κ2) is 8.15. The third-order valence-corrected chi connectivity index (χ3v) is 3.48. The molecule has 0 radical (unpaired) electrons. The topological polar surface area (TPSA) is 29.5 Å². The number of hydrogen-bond donors (Lipinski definition) is 1. The standard InChI is InChI=1S/C16H26O2/c1-4-13(5-2)12-18-16-9-7-8-14(11-16)10-15(17)6-3/h7-9,11,13,15,17H,4-6,10,12H2,1-3H3/t15-/m0/s1. The minimum atomic E-state index is -0.251. The van der Waals surface area contributed by atoms with E-state index in [0.29, 0.717) is 12.3 Å². The second-order valence-electron chi connectivity index (χ2n) is 4.91. The van der Waals surface area contributed by atoms with Gasteiger partial charge in [-0.2, -0.15) is 0 Å². The van der Waals surface area contributed by atoms with Crippen LogP contribution in [0.3, 0.4) is 0 Å². The quantitative estimate of drug-likeness (QED) is 0.760. The van der Waals surface area contributed by atoms with Crippen LogP contribution in [0.2, 0.25) is 0 Å².